The number of hydrogen-bond donors (Lipinski definition) is 3. The molecule has 0 fully saturated rings. The third-order valence-electron chi connectivity index (χ3n) is 3.13. The fourth-order valence-corrected chi connectivity index (χ4v) is 2.07. The molecule has 0 saturated carbocycles. The van der Waals surface area contributed by atoms with Crippen LogP contribution in [0.4, 0.5) is 4.79 Å². The highest BCUT2D eigenvalue weighted by Gasteiger charge is 2.09. The average molecular weight is 312 g/mol. The molecule has 0 aliphatic carbocycles. The summed E-state index contributed by atoms with van der Waals surface area (Å²) in [6.07, 6.45) is 2.97. The lowest BCUT2D eigenvalue weighted by Gasteiger charge is -2.14. The van der Waals surface area contributed by atoms with Crippen molar-refractivity contribution in [3.63, 3.8) is 0 Å². The van der Waals surface area contributed by atoms with Crippen molar-refractivity contribution in [3.8, 4) is 0 Å². The standard InChI is InChI=1S/C15H22ClN3O2/c1-11(12-6-8-13(16)9-7-12)19-14(20)5-3-2-4-10-18-15(17)21/h6-9,11H,2-5,10H2,1H3,(H,19,20)(H3,17,18,21)/t11-/m0/s1. The molecule has 21 heavy (non-hydrogen) atoms. The molecule has 1 aromatic rings. The summed E-state index contributed by atoms with van der Waals surface area (Å²) in [5, 5.41) is 6.15. The third-order valence-corrected chi connectivity index (χ3v) is 3.38. The molecule has 3 amide bonds. The number of amides is 3. The van der Waals surface area contributed by atoms with E-state index in [2.05, 4.69) is 10.6 Å². The minimum atomic E-state index is -0.510. The Morgan fingerprint density at radius 1 is 1.19 bits per heavy atom. The molecule has 0 unspecified atom stereocenters. The minimum absolute atomic E-state index is 0.0281. The van der Waals surface area contributed by atoms with Gasteiger partial charge in [-0.3, -0.25) is 4.79 Å². The molecule has 1 atom stereocenters. The van der Waals surface area contributed by atoms with Crippen molar-refractivity contribution >= 4 is 23.5 Å². The van der Waals surface area contributed by atoms with Crippen LogP contribution in [0, 0.1) is 0 Å². The van der Waals surface area contributed by atoms with E-state index in [1.807, 2.05) is 31.2 Å². The summed E-state index contributed by atoms with van der Waals surface area (Å²) in [5.74, 6) is 0.0281. The van der Waals surface area contributed by atoms with Crippen LogP contribution in [0.3, 0.4) is 0 Å². The van der Waals surface area contributed by atoms with E-state index in [4.69, 9.17) is 17.3 Å². The summed E-state index contributed by atoms with van der Waals surface area (Å²) in [6, 6.07) is 6.89. The molecule has 6 heteroatoms. The van der Waals surface area contributed by atoms with Crippen LogP contribution in [0.2, 0.25) is 5.02 Å². The Hall–Kier alpha value is -1.75. The highest BCUT2D eigenvalue weighted by atomic mass is 35.5. The molecule has 0 saturated heterocycles. The molecule has 0 radical (unpaired) electrons. The maximum Gasteiger partial charge on any atom is 0.312 e. The second-order valence-corrected chi connectivity index (χ2v) is 5.38. The highest BCUT2D eigenvalue weighted by Crippen LogP contribution is 2.16. The number of unbranched alkanes of at least 4 members (excludes halogenated alkanes) is 2. The van der Waals surface area contributed by atoms with Gasteiger partial charge in [0.1, 0.15) is 0 Å². The van der Waals surface area contributed by atoms with Gasteiger partial charge in [0, 0.05) is 18.0 Å². The Balaban J connectivity index is 2.18. The molecule has 0 bridgehead atoms. The van der Waals surface area contributed by atoms with E-state index in [-0.39, 0.29) is 11.9 Å². The lowest BCUT2D eigenvalue weighted by molar-refractivity contribution is -0.121. The monoisotopic (exact) mass is 311 g/mol. The largest absolute Gasteiger partial charge is 0.352 e. The molecule has 0 aliphatic rings. The number of nitrogens with one attached hydrogen (secondary N) is 2. The first-order valence-corrected chi connectivity index (χ1v) is 7.45. The predicted molar refractivity (Wildman–Crippen MR) is 84.1 cm³/mol. The summed E-state index contributed by atoms with van der Waals surface area (Å²) in [7, 11) is 0. The van der Waals surface area contributed by atoms with Crippen LogP contribution in [0.15, 0.2) is 24.3 Å². The van der Waals surface area contributed by atoms with Crippen LogP contribution >= 0.6 is 11.6 Å². The number of benzene rings is 1. The maximum absolute atomic E-state index is 11.8. The summed E-state index contributed by atoms with van der Waals surface area (Å²) in [5.41, 5.74) is 5.98. The van der Waals surface area contributed by atoms with Gasteiger partial charge in [-0.25, -0.2) is 4.79 Å². The zero-order valence-corrected chi connectivity index (χ0v) is 13.0. The number of urea groups is 1. The summed E-state index contributed by atoms with van der Waals surface area (Å²) in [4.78, 5) is 22.3. The summed E-state index contributed by atoms with van der Waals surface area (Å²) >= 11 is 5.83. The third kappa shape index (κ3) is 7.56. The number of carbonyl (C=O) groups is 2. The molecule has 1 rings (SSSR count). The normalized spacial score (nSPS) is 11.7. The number of hydrogen-bond acceptors (Lipinski definition) is 2. The molecule has 0 spiro atoms. The molecule has 1 aromatic carbocycles. The summed E-state index contributed by atoms with van der Waals surface area (Å²) in [6.45, 7) is 2.50. The number of halogens is 1. The van der Waals surface area contributed by atoms with E-state index in [1.54, 1.807) is 0 Å². The van der Waals surface area contributed by atoms with Crippen molar-refractivity contribution in [3.05, 3.63) is 34.9 Å². The van der Waals surface area contributed by atoms with Crippen molar-refractivity contribution in [1.29, 1.82) is 0 Å². The fourth-order valence-electron chi connectivity index (χ4n) is 1.95. The van der Waals surface area contributed by atoms with Crippen molar-refractivity contribution in [2.24, 2.45) is 5.73 Å². The predicted octanol–water partition coefficient (Wildman–Crippen LogP) is 2.75. The molecule has 0 aromatic heterocycles. The first kappa shape index (κ1) is 17.3. The zero-order valence-electron chi connectivity index (χ0n) is 12.2. The second-order valence-electron chi connectivity index (χ2n) is 4.94. The second kappa shape index (κ2) is 9.23. The topological polar surface area (TPSA) is 84.2 Å². The molecule has 4 N–H and O–H groups in total. The van der Waals surface area contributed by atoms with Crippen molar-refractivity contribution in [1.82, 2.24) is 10.6 Å². The molecular weight excluding hydrogens is 290 g/mol. The maximum atomic E-state index is 11.8. The molecular formula is C15H22ClN3O2. The number of carbonyl (C=O) groups excluding carboxylic acids is 2. The Morgan fingerprint density at radius 2 is 1.86 bits per heavy atom. The Morgan fingerprint density at radius 3 is 2.48 bits per heavy atom. The molecule has 0 aliphatic heterocycles. The van der Waals surface area contributed by atoms with Crippen molar-refractivity contribution < 1.29 is 9.59 Å². The van der Waals surface area contributed by atoms with E-state index >= 15 is 0 Å². The SMILES string of the molecule is C[C@H](NC(=O)CCCCCNC(N)=O)c1ccc(Cl)cc1. The lowest BCUT2D eigenvalue weighted by atomic mass is 10.1. The van der Waals surface area contributed by atoms with Crippen LogP contribution in [0.5, 0.6) is 0 Å². The van der Waals surface area contributed by atoms with Crippen LogP contribution in [-0.2, 0) is 4.79 Å². The molecule has 116 valence electrons. The van der Waals surface area contributed by atoms with Gasteiger partial charge in [-0.1, -0.05) is 30.2 Å². The summed E-state index contributed by atoms with van der Waals surface area (Å²) < 4.78 is 0. The van der Waals surface area contributed by atoms with Gasteiger partial charge in [-0.05, 0) is 37.5 Å². The van der Waals surface area contributed by atoms with E-state index in [0.29, 0.717) is 18.0 Å². The quantitative estimate of drug-likeness (QED) is 0.645. The Labute approximate surface area is 130 Å². The van der Waals surface area contributed by atoms with Crippen LogP contribution in [0.25, 0.3) is 0 Å². The number of nitrogens with two attached hydrogens (primary N) is 1. The van der Waals surface area contributed by atoms with Gasteiger partial charge in [0.2, 0.25) is 5.91 Å². The first-order valence-electron chi connectivity index (χ1n) is 7.07. The van der Waals surface area contributed by atoms with E-state index in [1.165, 1.54) is 0 Å². The highest BCUT2D eigenvalue weighted by molar-refractivity contribution is 6.30. The lowest BCUT2D eigenvalue weighted by Crippen LogP contribution is -2.30. The van der Waals surface area contributed by atoms with Crippen LogP contribution in [-0.4, -0.2) is 18.5 Å². The smallest absolute Gasteiger partial charge is 0.312 e. The Kier molecular flexibility index (Phi) is 7.61. The van der Waals surface area contributed by atoms with Crippen LogP contribution in [0.1, 0.15) is 44.2 Å². The van der Waals surface area contributed by atoms with Gasteiger partial charge in [0.05, 0.1) is 6.04 Å². The van der Waals surface area contributed by atoms with Gasteiger partial charge in [0.25, 0.3) is 0 Å². The first-order chi connectivity index (χ1) is 9.99. The minimum Gasteiger partial charge on any atom is -0.352 e. The Bertz CT molecular complexity index is 462. The van der Waals surface area contributed by atoms with Gasteiger partial charge in [-0.2, -0.15) is 0 Å². The fraction of sp³-hybridized carbons (Fsp3) is 0.467. The van der Waals surface area contributed by atoms with E-state index in [9.17, 15) is 9.59 Å². The van der Waals surface area contributed by atoms with Gasteiger partial charge >= 0.3 is 6.03 Å². The van der Waals surface area contributed by atoms with Gasteiger partial charge in [0.15, 0.2) is 0 Å². The van der Waals surface area contributed by atoms with Crippen LogP contribution < -0.4 is 16.4 Å². The number of rotatable bonds is 8. The van der Waals surface area contributed by atoms with Crippen molar-refractivity contribution in [2.45, 2.75) is 38.6 Å². The number of primary amides is 1. The average Bonchev–Trinajstić information content (AvgIpc) is 2.43. The van der Waals surface area contributed by atoms with E-state index < -0.39 is 6.03 Å². The van der Waals surface area contributed by atoms with Gasteiger partial charge < -0.3 is 16.4 Å². The van der Waals surface area contributed by atoms with Crippen molar-refractivity contribution in [2.75, 3.05) is 6.54 Å². The molecule has 5 nitrogen and oxygen atoms in total. The molecule has 0 heterocycles. The van der Waals surface area contributed by atoms with E-state index in [0.717, 1.165) is 24.8 Å². The zero-order chi connectivity index (χ0) is 15.7. The van der Waals surface area contributed by atoms with Gasteiger partial charge in [-0.15, -0.1) is 0 Å².